The highest BCUT2D eigenvalue weighted by molar-refractivity contribution is 5.32. The summed E-state index contributed by atoms with van der Waals surface area (Å²) in [5, 5.41) is 7.60. The summed E-state index contributed by atoms with van der Waals surface area (Å²) in [5.41, 5.74) is 3.09. The van der Waals surface area contributed by atoms with Gasteiger partial charge in [-0.25, -0.2) is 0 Å². The van der Waals surface area contributed by atoms with Gasteiger partial charge in [-0.1, -0.05) is 6.92 Å². The Morgan fingerprint density at radius 2 is 2.10 bits per heavy atom. The van der Waals surface area contributed by atoms with Crippen LogP contribution in [0.1, 0.15) is 35.4 Å². The molecule has 0 saturated heterocycles. The zero-order chi connectivity index (χ0) is 14.7. The summed E-state index contributed by atoms with van der Waals surface area (Å²) in [5.74, 6) is 2.66. The summed E-state index contributed by atoms with van der Waals surface area (Å²) in [6, 6.07) is 2.04. The van der Waals surface area contributed by atoms with Gasteiger partial charge in [-0.05, 0) is 38.9 Å². The fourth-order valence-electron chi connectivity index (χ4n) is 2.18. The number of hydrogen-bond acceptors (Lipinski definition) is 4. The second-order valence-corrected chi connectivity index (χ2v) is 5.01. The number of aryl methyl sites for hydroxylation is 3. The standard InChI is InChI=1S/C15H23N3O2/c1-6-16-8-14-10(2)7-13(20-14)9-19-15-11(3)17-18(5)12(15)4/h7,16H,6,8-9H2,1-5H3. The third-order valence-corrected chi connectivity index (χ3v) is 3.41. The molecule has 20 heavy (non-hydrogen) atoms. The third-order valence-electron chi connectivity index (χ3n) is 3.41. The van der Waals surface area contributed by atoms with Crippen LogP contribution in [0, 0.1) is 20.8 Å². The monoisotopic (exact) mass is 277 g/mol. The van der Waals surface area contributed by atoms with Gasteiger partial charge in [0.2, 0.25) is 0 Å². The van der Waals surface area contributed by atoms with Crippen LogP contribution in [0.5, 0.6) is 5.75 Å². The average molecular weight is 277 g/mol. The van der Waals surface area contributed by atoms with Crippen LogP contribution in [0.2, 0.25) is 0 Å². The van der Waals surface area contributed by atoms with Crippen molar-refractivity contribution in [1.82, 2.24) is 15.1 Å². The van der Waals surface area contributed by atoms with E-state index in [-0.39, 0.29) is 0 Å². The van der Waals surface area contributed by atoms with Crippen molar-refractivity contribution in [3.63, 3.8) is 0 Å². The van der Waals surface area contributed by atoms with E-state index in [2.05, 4.69) is 24.3 Å². The van der Waals surface area contributed by atoms with Crippen molar-refractivity contribution < 1.29 is 9.15 Å². The molecule has 0 amide bonds. The van der Waals surface area contributed by atoms with Crippen molar-refractivity contribution in [1.29, 1.82) is 0 Å². The fourth-order valence-corrected chi connectivity index (χ4v) is 2.18. The molecule has 2 aromatic heterocycles. The quantitative estimate of drug-likeness (QED) is 0.882. The third kappa shape index (κ3) is 3.04. The molecule has 2 heterocycles. The lowest BCUT2D eigenvalue weighted by Gasteiger charge is -2.04. The molecule has 0 atom stereocenters. The van der Waals surface area contributed by atoms with Crippen molar-refractivity contribution in [2.75, 3.05) is 6.54 Å². The first-order valence-electron chi connectivity index (χ1n) is 6.94. The highest BCUT2D eigenvalue weighted by Crippen LogP contribution is 2.23. The van der Waals surface area contributed by atoms with E-state index < -0.39 is 0 Å². The number of nitrogens with one attached hydrogen (secondary N) is 1. The number of nitrogens with zero attached hydrogens (tertiary/aromatic N) is 2. The van der Waals surface area contributed by atoms with Gasteiger partial charge in [-0.2, -0.15) is 5.10 Å². The molecular weight excluding hydrogens is 254 g/mol. The van der Waals surface area contributed by atoms with Gasteiger partial charge >= 0.3 is 0 Å². The van der Waals surface area contributed by atoms with E-state index in [0.717, 1.165) is 47.3 Å². The van der Waals surface area contributed by atoms with Gasteiger partial charge in [-0.3, -0.25) is 4.68 Å². The number of ether oxygens (including phenoxy) is 1. The molecule has 0 aromatic carbocycles. The Kier molecular flexibility index (Phi) is 4.49. The van der Waals surface area contributed by atoms with E-state index in [9.17, 15) is 0 Å². The largest absolute Gasteiger partial charge is 0.482 e. The summed E-state index contributed by atoms with van der Waals surface area (Å²) < 4.78 is 13.5. The Bertz CT molecular complexity index is 584. The van der Waals surface area contributed by atoms with Gasteiger partial charge in [0.05, 0.1) is 12.2 Å². The first kappa shape index (κ1) is 14.7. The lowest BCUT2D eigenvalue weighted by atomic mass is 10.2. The highest BCUT2D eigenvalue weighted by atomic mass is 16.5. The topological polar surface area (TPSA) is 52.2 Å². The molecule has 0 fully saturated rings. The predicted octanol–water partition coefficient (Wildman–Crippen LogP) is 2.63. The molecule has 5 nitrogen and oxygen atoms in total. The summed E-state index contributed by atoms with van der Waals surface area (Å²) in [7, 11) is 1.92. The Labute approximate surface area is 119 Å². The lowest BCUT2D eigenvalue weighted by Crippen LogP contribution is -2.11. The molecule has 0 unspecified atom stereocenters. The van der Waals surface area contributed by atoms with Crippen LogP contribution in [-0.4, -0.2) is 16.3 Å². The average Bonchev–Trinajstić information content (AvgIpc) is 2.87. The van der Waals surface area contributed by atoms with Crippen molar-refractivity contribution in [2.45, 2.75) is 40.8 Å². The number of furan rings is 1. The smallest absolute Gasteiger partial charge is 0.163 e. The van der Waals surface area contributed by atoms with E-state index in [4.69, 9.17) is 9.15 Å². The van der Waals surface area contributed by atoms with Gasteiger partial charge < -0.3 is 14.5 Å². The van der Waals surface area contributed by atoms with Gasteiger partial charge in [0, 0.05) is 7.05 Å². The Balaban J connectivity index is 2.04. The second kappa shape index (κ2) is 6.13. The molecule has 110 valence electrons. The van der Waals surface area contributed by atoms with E-state index >= 15 is 0 Å². The van der Waals surface area contributed by atoms with Gasteiger partial charge in [0.25, 0.3) is 0 Å². The molecule has 5 heteroatoms. The molecule has 2 rings (SSSR count). The van der Waals surface area contributed by atoms with Crippen LogP contribution in [-0.2, 0) is 20.2 Å². The molecular formula is C15H23N3O2. The van der Waals surface area contributed by atoms with Crippen molar-refractivity contribution in [3.05, 3.63) is 34.5 Å². The molecule has 0 aliphatic rings. The van der Waals surface area contributed by atoms with Crippen LogP contribution in [0.3, 0.4) is 0 Å². The molecule has 0 bridgehead atoms. The second-order valence-electron chi connectivity index (χ2n) is 5.01. The summed E-state index contributed by atoms with van der Waals surface area (Å²) in [6.45, 7) is 10.2. The molecule has 0 saturated carbocycles. The van der Waals surface area contributed by atoms with Crippen molar-refractivity contribution in [3.8, 4) is 5.75 Å². The first-order valence-corrected chi connectivity index (χ1v) is 6.94. The van der Waals surface area contributed by atoms with Crippen molar-refractivity contribution in [2.24, 2.45) is 7.05 Å². The van der Waals surface area contributed by atoms with E-state index in [1.54, 1.807) is 0 Å². The SMILES string of the molecule is CCNCc1oc(COc2c(C)nn(C)c2C)cc1C. The molecule has 0 aliphatic heterocycles. The Morgan fingerprint density at radius 3 is 2.70 bits per heavy atom. The van der Waals surface area contributed by atoms with Crippen LogP contribution in [0.4, 0.5) is 0 Å². The van der Waals surface area contributed by atoms with Crippen LogP contribution in [0.15, 0.2) is 10.5 Å². The first-order chi connectivity index (χ1) is 9.52. The maximum absolute atomic E-state index is 5.85. The van der Waals surface area contributed by atoms with Crippen molar-refractivity contribution >= 4 is 0 Å². The number of hydrogen-bond donors (Lipinski definition) is 1. The summed E-state index contributed by atoms with van der Waals surface area (Å²) >= 11 is 0. The fraction of sp³-hybridized carbons (Fsp3) is 0.533. The van der Waals surface area contributed by atoms with E-state index in [0.29, 0.717) is 6.61 Å². The van der Waals surface area contributed by atoms with E-state index in [1.807, 2.05) is 31.6 Å². The van der Waals surface area contributed by atoms with Crippen LogP contribution >= 0.6 is 0 Å². The lowest BCUT2D eigenvalue weighted by molar-refractivity contribution is 0.262. The number of aromatic nitrogens is 2. The molecule has 2 aromatic rings. The van der Waals surface area contributed by atoms with Crippen LogP contribution in [0.25, 0.3) is 0 Å². The predicted molar refractivity (Wildman–Crippen MR) is 77.8 cm³/mol. The minimum atomic E-state index is 0.431. The van der Waals surface area contributed by atoms with E-state index in [1.165, 1.54) is 0 Å². The minimum Gasteiger partial charge on any atom is -0.482 e. The zero-order valence-electron chi connectivity index (χ0n) is 12.9. The van der Waals surface area contributed by atoms with Crippen LogP contribution < -0.4 is 10.1 Å². The summed E-state index contributed by atoms with van der Waals surface area (Å²) in [4.78, 5) is 0. The zero-order valence-corrected chi connectivity index (χ0v) is 12.9. The Morgan fingerprint density at radius 1 is 1.35 bits per heavy atom. The highest BCUT2D eigenvalue weighted by Gasteiger charge is 2.13. The normalized spacial score (nSPS) is 11.1. The van der Waals surface area contributed by atoms with Gasteiger partial charge in [0.15, 0.2) is 5.75 Å². The molecule has 0 spiro atoms. The molecule has 0 aliphatic carbocycles. The summed E-state index contributed by atoms with van der Waals surface area (Å²) in [6.07, 6.45) is 0. The Hall–Kier alpha value is -1.75. The molecule has 1 N–H and O–H groups in total. The maximum Gasteiger partial charge on any atom is 0.163 e. The molecule has 0 radical (unpaired) electrons. The number of rotatable bonds is 6. The van der Waals surface area contributed by atoms with Gasteiger partial charge in [-0.15, -0.1) is 0 Å². The van der Waals surface area contributed by atoms with Gasteiger partial charge in [0.1, 0.15) is 23.8 Å². The maximum atomic E-state index is 5.85. The minimum absolute atomic E-state index is 0.431.